The fourth-order valence-electron chi connectivity index (χ4n) is 1.64. The minimum Gasteiger partial charge on any atom is -0.348 e. The van der Waals surface area contributed by atoms with Crippen molar-refractivity contribution in [3.63, 3.8) is 0 Å². The van der Waals surface area contributed by atoms with E-state index in [2.05, 4.69) is 10.7 Å². The summed E-state index contributed by atoms with van der Waals surface area (Å²) in [4.78, 5) is 35.5. The number of amides is 3. The number of para-hydroxylation sites is 1. The second-order valence-electron chi connectivity index (χ2n) is 4.51. The van der Waals surface area contributed by atoms with Gasteiger partial charge in [-0.25, -0.2) is 5.01 Å². The summed E-state index contributed by atoms with van der Waals surface area (Å²) in [6.45, 7) is 4.18. The highest BCUT2D eigenvalue weighted by Crippen LogP contribution is 2.12. The molecule has 2 N–H and O–H groups in total. The maximum absolute atomic E-state index is 12.1. The fourth-order valence-corrected chi connectivity index (χ4v) is 1.64. The molecule has 0 fully saturated rings. The van der Waals surface area contributed by atoms with Crippen LogP contribution in [0.5, 0.6) is 0 Å². The molecular weight excluding hydrogens is 270 g/mol. The van der Waals surface area contributed by atoms with Gasteiger partial charge in [0.25, 0.3) is 0 Å². The van der Waals surface area contributed by atoms with Gasteiger partial charge >= 0.3 is 11.8 Å². The highest BCUT2D eigenvalue weighted by Gasteiger charge is 2.21. The number of anilines is 1. The van der Waals surface area contributed by atoms with Gasteiger partial charge in [0, 0.05) is 13.0 Å². The molecule has 0 radical (unpaired) electrons. The van der Waals surface area contributed by atoms with Crippen LogP contribution in [0.1, 0.15) is 33.1 Å². The van der Waals surface area contributed by atoms with Crippen molar-refractivity contribution >= 4 is 23.4 Å². The number of nitrogens with one attached hydrogen (secondary N) is 2. The van der Waals surface area contributed by atoms with Gasteiger partial charge < -0.3 is 5.32 Å². The summed E-state index contributed by atoms with van der Waals surface area (Å²) < 4.78 is 0. The summed E-state index contributed by atoms with van der Waals surface area (Å²) in [6.07, 6.45) is 1.67. The number of hydrogen-bond donors (Lipinski definition) is 2. The van der Waals surface area contributed by atoms with Gasteiger partial charge in [0.05, 0.1) is 5.69 Å². The van der Waals surface area contributed by atoms with Crippen molar-refractivity contribution in [2.75, 3.05) is 11.6 Å². The van der Waals surface area contributed by atoms with Gasteiger partial charge in [0.1, 0.15) is 0 Å². The topological polar surface area (TPSA) is 78.5 Å². The maximum Gasteiger partial charge on any atom is 0.328 e. The third kappa shape index (κ3) is 5.25. The third-order valence-corrected chi connectivity index (χ3v) is 2.68. The molecule has 0 unspecified atom stereocenters. The van der Waals surface area contributed by atoms with Gasteiger partial charge in [0.2, 0.25) is 5.91 Å². The van der Waals surface area contributed by atoms with Crippen LogP contribution in [0.25, 0.3) is 0 Å². The minimum atomic E-state index is -0.850. The SMILES string of the molecule is CCCNC(=O)C(=O)NN(C(=O)CCC)c1ccccc1. The molecular formula is C15H21N3O3. The molecule has 0 aliphatic heterocycles. The number of hydrazine groups is 1. The lowest BCUT2D eigenvalue weighted by Crippen LogP contribution is -2.51. The Balaban J connectivity index is 2.81. The standard InChI is InChI=1S/C15H21N3O3/c1-3-8-13(19)18(12-9-6-5-7-10-12)17-15(21)14(20)16-11-4-2/h5-7,9-10H,3-4,8,11H2,1-2H3,(H,16,20)(H,17,21). The molecule has 0 saturated carbocycles. The van der Waals surface area contributed by atoms with Gasteiger partial charge in [-0.3, -0.25) is 19.8 Å². The van der Waals surface area contributed by atoms with Crippen LogP contribution in [0.15, 0.2) is 30.3 Å². The summed E-state index contributed by atoms with van der Waals surface area (Å²) in [5, 5.41) is 3.59. The number of rotatable bonds is 5. The van der Waals surface area contributed by atoms with Crippen LogP contribution in [0.4, 0.5) is 5.69 Å². The lowest BCUT2D eigenvalue weighted by Gasteiger charge is -2.22. The van der Waals surface area contributed by atoms with Crippen LogP contribution in [-0.4, -0.2) is 24.3 Å². The molecule has 0 aliphatic rings. The summed E-state index contributed by atoms with van der Waals surface area (Å²) in [5.41, 5.74) is 2.88. The largest absolute Gasteiger partial charge is 0.348 e. The smallest absolute Gasteiger partial charge is 0.328 e. The van der Waals surface area contributed by atoms with Crippen LogP contribution >= 0.6 is 0 Å². The minimum absolute atomic E-state index is 0.264. The van der Waals surface area contributed by atoms with Crippen LogP contribution in [0.3, 0.4) is 0 Å². The van der Waals surface area contributed by atoms with E-state index in [0.29, 0.717) is 18.7 Å². The van der Waals surface area contributed by atoms with Crippen molar-refractivity contribution < 1.29 is 14.4 Å². The first-order chi connectivity index (χ1) is 10.1. The summed E-state index contributed by atoms with van der Waals surface area (Å²) >= 11 is 0. The molecule has 0 saturated heterocycles. The molecule has 0 atom stereocenters. The molecule has 0 bridgehead atoms. The van der Waals surface area contributed by atoms with Crippen molar-refractivity contribution in [2.45, 2.75) is 33.1 Å². The normalized spacial score (nSPS) is 9.81. The highest BCUT2D eigenvalue weighted by atomic mass is 16.2. The lowest BCUT2D eigenvalue weighted by molar-refractivity contribution is -0.139. The average Bonchev–Trinajstić information content (AvgIpc) is 2.50. The van der Waals surface area contributed by atoms with Crippen molar-refractivity contribution in [3.05, 3.63) is 30.3 Å². The monoisotopic (exact) mass is 291 g/mol. The van der Waals surface area contributed by atoms with E-state index in [1.54, 1.807) is 24.3 Å². The Bertz CT molecular complexity index is 488. The second-order valence-corrected chi connectivity index (χ2v) is 4.51. The van der Waals surface area contributed by atoms with E-state index >= 15 is 0 Å². The van der Waals surface area contributed by atoms with Crippen molar-refractivity contribution in [1.29, 1.82) is 0 Å². The molecule has 6 heteroatoms. The fraction of sp³-hybridized carbons (Fsp3) is 0.400. The van der Waals surface area contributed by atoms with Gasteiger partial charge in [-0.05, 0) is 25.0 Å². The van der Waals surface area contributed by atoms with Crippen LogP contribution in [-0.2, 0) is 14.4 Å². The van der Waals surface area contributed by atoms with Gasteiger partial charge in [-0.2, -0.15) is 0 Å². The zero-order valence-electron chi connectivity index (χ0n) is 12.4. The predicted molar refractivity (Wildman–Crippen MR) is 80.3 cm³/mol. The van der Waals surface area contributed by atoms with Crippen LogP contribution < -0.4 is 15.8 Å². The van der Waals surface area contributed by atoms with Crippen molar-refractivity contribution in [2.24, 2.45) is 0 Å². The Kier molecular flexibility index (Phi) is 6.94. The number of carbonyl (C=O) groups is 3. The summed E-state index contributed by atoms with van der Waals surface area (Å²) in [7, 11) is 0. The first kappa shape index (κ1) is 16.7. The molecule has 1 aromatic rings. The van der Waals surface area contributed by atoms with Crippen molar-refractivity contribution in [1.82, 2.24) is 10.7 Å². The molecule has 0 heterocycles. The maximum atomic E-state index is 12.1. The Labute approximate surface area is 124 Å². The van der Waals surface area contributed by atoms with E-state index in [9.17, 15) is 14.4 Å². The van der Waals surface area contributed by atoms with Gasteiger partial charge in [0.15, 0.2) is 0 Å². The zero-order chi connectivity index (χ0) is 15.7. The molecule has 1 rings (SSSR count). The number of hydrogen-bond acceptors (Lipinski definition) is 3. The van der Waals surface area contributed by atoms with Gasteiger partial charge in [-0.15, -0.1) is 0 Å². The zero-order valence-corrected chi connectivity index (χ0v) is 12.4. The number of carbonyl (C=O) groups excluding carboxylic acids is 3. The van der Waals surface area contributed by atoms with Crippen LogP contribution in [0.2, 0.25) is 0 Å². The average molecular weight is 291 g/mol. The molecule has 1 aromatic carbocycles. The molecule has 21 heavy (non-hydrogen) atoms. The van der Waals surface area contributed by atoms with Crippen LogP contribution in [0, 0.1) is 0 Å². The Morgan fingerprint density at radius 1 is 1.00 bits per heavy atom. The van der Waals surface area contributed by atoms with E-state index in [4.69, 9.17) is 0 Å². The predicted octanol–water partition coefficient (Wildman–Crippen LogP) is 1.38. The Morgan fingerprint density at radius 2 is 1.67 bits per heavy atom. The molecule has 114 valence electrons. The Morgan fingerprint density at radius 3 is 2.24 bits per heavy atom. The quantitative estimate of drug-likeness (QED) is 0.635. The van der Waals surface area contributed by atoms with E-state index in [1.165, 1.54) is 0 Å². The van der Waals surface area contributed by atoms with Gasteiger partial charge in [-0.1, -0.05) is 32.0 Å². The lowest BCUT2D eigenvalue weighted by atomic mass is 10.2. The van der Waals surface area contributed by atoms with E-state index in [-0.39, 0.29) is 12.3 Å². The highest BCUT2D eigenvalue weighted by molar-refractivity contribution is 6.35. The molecule has 0 aliphatic carbocycles. The van der Waals surface area contributed by atoms with Crippen molar-refractivity contribution in [3.8, 4) is 0 Å². The number of benzene rings is 1. The van der Waals surface area contributed by atoms with E-state index < -0.39 is 11.8 Å². The van der Waals surface area contributed by atoms with E-state index in [1.807, 2.05) is 19.9 Å². The summed E-state index contributed by atoms with van der Waals surface area (Å²) in [6, 6.07) is 8.70. The Hall–Kier alpha value is -2.37. The first-order valence-corrected chi connectivity index (χ1v) is 7.07. The third-order valence-electron chi connectivity index (χ3n) is 2.68. The molecule has 3 amide bonds. The number of nitrogens with zero attached hydrogens (tertiary/aromatic N) is 1. The summed E-state index contributed by atoms with van der Waals surface area (Å²) in [5.74, 6) is -1.86. The molecule has 0 spiro atoms. The molecule has 0 aromatic heterocycles. The van der Waals surface area contributed by atoms with E-state index in [0.717, 1.165) is 11.4 Å². The molecule has 6 nitrogen and oxygen atoms in total. The first-order valence-electron chi connectivity index (χ1n) is 7.07. The second kappa shape index (κ2) is 8.73.